The van der Waals surface area contributed by atoms with Crippen LogP contribution in [0, 0.1) is 6.92 Å². The van der Waals surface area contributed by atoms with E-state index >= 15 is 0 Å². The van der Waals surface area contributed by atoms with Crippen LogP contribution in [0.2, 0.25) is 5.02 Å². The Labute approximate surface area is 166 Å². The van der Waals surface area contributed by atoms with E-state index in [1.54, 1.807) is 41.7 Å². The molecule has 138 valence electrons. The van der Waals surface area contributed by atoms with Crippen LogP contribution in [0.3, 0.4) is 0 Å². The van der Waals surface area contributed by atoms with Crippen molar-refractivity contribution in [1.82, 2.24) is 5.32 Å². The fraction of sp³-hybridized carbons (Fsp3) is 0.190. The first-order valence-electron chi connectivity index (χ1n) is 8.66. The Hall–Kier alpha value is -2.34. The zero-order valence-electron chi connectivity index (χ0n) is 14.7. The molecule has 2 aromatic carbocycles. The first kappa shape index (κ1) is 18.0. The number of aromatic hydroxyl groups is 2. The summed E-state index contributed by atoms with van der Waals surface area (Å²) in [5, 5.41) is 26.8. The van der Waals surface area contributed by atoms with Crippen molar-refractivity contribution in [2.75, 3.05) is 0 Å². The van der Waals surface area contributed by atoms with Gasteiger partial charge in [0.25, 0.3) is 0 Å². The van der Waals surface area contributed by atoms with Gasteiger partial charge in [0.15, 0.2) is 0 Å². The van der Waals surface area contributed by atoms with Crippen molar-refractivity contribution < 1.29 is 10.2 Å². The van der Waals surface area contributed by atoms with Crippen molar-refractivity contribution in [3.63, 3.8) is 0 Å². The summed E-state index contributed by atoms with van der Waals surface area (Å²) in [5.41, 5.74) is 3.40. The summed E-state index contributed by atoms with van der Waals surface area (Å²) in [6.45, 7) is 2.06. The van der Waals surface area contributed by atoms with Gasteiger partial charge in [0.2, 0.25) is 0 Å². The van der Waals surface area contributed by atoms with Crippen LogP contribution >= 0.6 is 22.9 Å². The number of rotatable bonds is 3. The minimum absolute atomic E-state index is 0.178. The highest BCUT2D eigenvalue weighted by molar-refractivity contribution is 7.10. The van der Waals surface area contributed by atoms with Gasteiger partial charge in [-0.25, -0.2) is 0 Å². The number of para-hydroxylation sites is 1. The highest BCUT2D eigenvalue weighted by atomic mass is 35.5. The van der Waals surface area contributed by atoms with E-state index in [0.29, 0.717) is 17.0 Å². The lowest BCUT2D eigenvalue weighted by atomic mass is 9.93. The van der Waals surface area contributed by atoms with Crippen LogP contribution in [0.25, 0.3) is 0 Å². The van der Waals surface area contributed by atoms with Gasteiger partial charge in [-0.3, -0.25) is 10.3 Å². The number of thiophene rings is 1. The second kappa shape index (κ2) is 7.35. The molecule has 1 aliphatic heterocycles. The third-order valence-electron chi connectivity index (χ3n) is 4.77. The monoisotopic (exact) mass is 398 g/mol. The summed E-state index contributed by atoms with van der Waals surface area (Å²) in [7, 11) is 0. The second-order valence-electron chi connectivity index (χ2n) is 6.59. The van der Waals surface area contributed by atoms with Crippen LogP contribution in [-0.4, -0.2) is 15.9 Å². The molecule has 0 amide bonds. The van der Waals surface area contributed by atoms with Gasteiger partial charge in [0.05, 0.1) is 5.71 Å². The molecule has 3 N–H and O–H groups in total. The fourth-order valence-corrected chi connectivity index (χ4v) is 4.49. The molecular weight excluding hydrogens is 380 g/mol. The van der Waals surface area contributed by atoms with E-state index < -0.39 is 0 Å². The molecule has 3 aromatic rings. The molecule has 0 saturated heterocycles. The number of hydrogen-bond acceptors (Lipinski definition) is 5. The van der Waals surface area contributed by atoms with Crippen LogP contribution in [0.5, 0.6) is 11.5 Å². The SMILES string of the molecule is Cc1ccsc1[C@@H]1N=C(c2ccccc2O)C[C@H](c2cc(Cl)ccc2O)N1. The maximum atomic E-state index is 10.4. The molecule has 2 atom stereocenters. The predicted molar refractivity (Wildman–Crippen MR) is 110 cm³/mol. The number of benzene rings is 2. The summed E-state index contributed by atoms with van der Waals surface area (Å²) in [4.78, 5) is 6.00. The Morgan fingerprint density at radius 2 is 1.93 bits per heavy atom. The standard InChI is InChI=1S/C21H19ClN2O2S/c1-12-8-9-27-20(12)21-23-16(14-4-2-3-5-18(14)25)11-17(24-21)15-10-13(22)6-7-19(15)26/h2-10,17,21,24-26H,11H2,1H3/t17-,21-/m1/s1. The molecule has 0 unspecified atom stereocenters. The quantitative estimate of drug-likeness (QED) is 0.557. The highest BCUT2D eigenvalue weighted by Crippen LogP contribution is 2.38. The fourth-order valence-electron chi connectivity index (χ4n) is 3.39. The number of nitrogens with one attached hydrogen (secondary N) is 1. The van der Waals surface area contributed by atoms with Crippen LogP contribution in [-0.2, 0) is 0 Å². The van der Waals surface area contributed by atoms with Crippen molar-refractivity contribution >= 4 is 28.6 Å². The maximum absolute atomic E-state index is 10.4. The molecule has 0 aliphatic carbocycles. The van der Waals surface area contributed by atoms with E-state index in [-0.39, 0.29) is 23.7 Å². The zero-order chi connectivity index (χ0) is 19.0. The Morgan fingerprint density at radius 3 is 2.67 bits per heavy atom. The average molecular weight is 399 g/mol. The number of aliphatic imine (C=N–C) groups is 1. The number of aryl methyl sites for hydroxylation is 1. The number of phenolic OH excluding ortho intramolecular Hbond substituents is 2. The lowest BCUT2D eigenvalue weighted by Gasteiger charge is -2.31. The molecular formula is C21H19ClN2O2S. The molecule has 0 radical (unpaired) electrons. The summed E-state index contributed by atoms with van der Waals surface area (Å²) >= 11 is 7.81. The largest absolute Gasteiger partial charge is 0.508 e. The molecule has 1 aromatic heterocycles. The van der Waals surface area contributed by atoms with Crippen LogP contribution in [0.15, 0.2) is 58.9 Å². The van der Waals surface area contributed by atoms with Gasteiger partial charge in [0, 0.05) is 33.5 Å². The van der Waals surface area contributed by atoms with Crippen molar-refractivity contribution in [3.8, 4) is 11.5 Å². The lowest BCUT2D eigenvalue weighted by Crippen LogP contribution is -2.33. The van der Waals surface area contributed by atoms with E-state index in [2.05, 4.69) is 18.3 Å². The first-order chi connectivity index (χ1) is 13.0. The van der Waals surface area contributed by atoms with Gasteiger partial charge in [-0.1, -0.05) is 23.7 Å². The van der Waals surface area contributed by atoms with Crippen molar-refractivity contribution in [2.24, 2.45) is 4.99 Å². The first-order valence-corrected chi connectivity index (χ1v) is 9.92. The van der Waals surface area contributed by atoms with Crippen LogP contribution in [0.1, 0.15) is 40.2 Å². The van der Waals surface area contributed by atoms with Crippen molar-refractivity contribution in [2.45, 2.75) is 25.6 Å². The topological polar surface area (TPSA) is 64.9 Å². The molecule has 4 rings (SSSR count). The number of phenols is 2. The Morgan fingerprint density at radius 1 is 1.11 bits per heavy atom. The molecule has 0 spiro atoms. The van der Waals surface area contributed by atoms with Crippen molar-refractivity contribution in [3.05, 3.63) is 80.5 Å². The molecule has 0 fully saturated rings. The van der Waals surface area contributed by atoms with Crippen LogP contribution in [0.4, 0.5) is 0 Å². The van der Waals surface area contributed by atoms with Gasteiger partial charge in [0.1, 0.15) is 17.7 Å². The molecule has 0 bridgehead atoms. The van der Waals surface area contributed by atoms with E-state index in [1.165, 1.54) is 0 Å². The van der Waals surface area contributed by atoms with Crippen LogP contribution < -0.4 is 5.32 Å². The van der Waals surface area contributed by atoms with Gasteiger partial charge in [-0.05, 0) is 54.3 Å². The Balaban J connectivity index is 1.80. The molecule has 0 saturated carbocycles. The van der Waals surface area contributed by atoms with Gasteiger partial charge >= 0.3 is 0 Å². The molecule has 2 heterocycles. The lowest BCUT2D eigenvalue weighted by molar-refractivity contribution is 0.414. The molecule has 1 aliphatic rings. The second-order valence-corrected chi connectivity index (χ2v) is 7.97. The summed E-state index contributed by atoms with van der Waals surface area (Å²) in [5.74, 6) is 0.394. The molecule has 27 heavy (non-hydrogen) atoms. The highest BCUT2D eigenvalue weighted by Gasteiger charge is 2.29. The Bertz CT molecular complexity index is 1010. The maximum Gasteiger partial charge on any atom is 0.135 e. The zero-order valence-corrected chi connectivity index (χ0v) is 16.3. The van der Waals surface area contributed by atoms with Gasteiger partial charge < -0.3 is 10.2 Å². The predicted octanol–water partition coefficient (Wildman–Crippen LogP) is 5.34. The van der Waals surface area contributed by atoms with Crippen molar-refractivity contribution in [1.29, 1.82) is 0 Å². The average Bonchev–Trinajstić information content (AvgIpc) is 3.10. The minimum Gasteiger partial charge on any atom is -0.508 e. The van der Waals surface area contributed by atoms with E-state index in [4.69, 9.17) is 16.6 Å². The number of nitrogens with zero attached hydrogens (tertiary/aromatic N) is 1. The van der Waals surface area contributed by atoms with Gasteiger partial charge in [-0.15, -0.1) is 11.3 Å². The van der Waals surface area contributed by atoms with E-state index in [0.717, 1.165) is 21.7 Å². The van der Waals surface area contributed by atoms with E-state index in [1.807, 2.05) is 17.5 Å². The molecule has 4 nitrogen and oxygen atoms in total. The van der Waals surface area contributed by atoms with Gasteiger partial charge in [-0.2, -0.15) is 0 Å². The normalized spacial score (nSPS) is 19.7. The number of hydrogen-bond donors (Lipinski definition) is 3. The smallest absolute Gasteiger partial charge is 0.135 e. The molecule has 6 heteroatoms. The number of halogens is 1. The summed E-state index contributed by atoms with van der Waals surface area (Å²) in [6.07, 6.45) is 0.281. The third kappa shape index (κ3) is 3.58. The Kier molecular flexibility index (Phi) is 4.91. The minimum atomic E-state index is -0.253. The summed E-state index contributed by atoms with van der Waals surface area (Å²) in [6, 6.07) is 14.2. The summed E-state index contributed by atoms with van der Waals surface area (Å²) < 4.78 is 0. The third-order valence-corrected chi connectivity index (χ3v) is 6.08. The van der Waals surface area contributed by atoms with E-state index in [9.17, 15) is 10.2 Å².